The summed E-state index contributed by atoms with van der Waals surface area (Å²) in [6.07, 6.45) is 1.60. The summed E-state index contributed by atoms with van der Waals surface area (Å²) in [5.41, 5.74) is 0.815. The van der Waals surface area contributed by atoms with Crippen molar-refractivity contribution in [1.82, 2.24) is 9.78 Å². The lowest BCUT2D eigenvalue weighted by Crippen LogP contribution is -2.12. The van der Waals surface area contributed by atoms with Gasteiger partial charge in [-0.05, 0) is 41.3 Å². The largest absolute Gasteiger partial charge is 0.485 e. The molecular weight excluding hydrogens is 509 g/mol. The van der Waals surface area contributed by atoms with Gasteiger partial charge in [-0.2, -0.15) is 5.10 Å². The molecule has 9 heteroatoms. The molecule has 1 N–H and O–H groups in total. The van der Waals surface area contributed by atoms with Crippen molar-refractivity contribution in [3.63, 3.8) is 0 Å². The van der Waals surface area contributed by atoms with E-state index >= 15 is 0 Å². The van der Waals surface area contributed by atoms with Gasteiger partial charge in [0.1, 0.15) is 23.1 Å². The minimum absolute atomic E-state index is 0.118. The molecule has 0 aliphatic carbocycles. The quantitative estimate of drug-likeness (QED) is 0.239. The van der Waals surface area contributed by atoms with E-state index in [1.165, 1.54) is 0 Å². The Hall–Kier alpha value is -3.45. The standard InChI is InChI=1S/C26H18Cl3N3O3/c27-18-9-8-17(21(28)12-18)13-32-14-22(29)25(31-32)30-26(33)24-11-10-19(35-24)15-34-23-7-3-5-16-4-1-2-6-20(16)23/h1-12,14H,13,15H2,(H,30,31,33). The summed E-state index contributed by atoms with van der Waals surface area (Å²) in [4.78, 5) is 12.7. The van der Waals surface area contributed by atoms with Gasteiger partial charge in [-0.3, -0.25) is 9.48 Å². The van der Waals surface area contributed by atoms with Crippen LogP contribution in [0.1, 0.15) is 21.9 Å². The number of fused-ring (bicyclic) bond motifs is 1. The number of aromatic nitrogens is 2. The number of carbonyl (C=O) groups excluding carboxylic acids is 1. The Morgan fingerprint density at radius 2 is 1.80 bits per heavy atom. The topological polar surface area (TPSA) is 69.3 Å². The van der Waals surface area contributed by atoms with Crippen LogP contribution < -0.4 is 10.1 Å². The number of hydrogen-bond acceptors (Lipinski definition) is 4. The van der Waals surface area contributed by atoms with Crippen molar-refractivity contribution in [3.05, 3.63) is 111 Å². The van der Waals surface area contributed by atoms with Gasteiger partial charge in [0, 0.05) is 21.6 Å². The van der Waals surface area contributed by atoms with Crippen LogP contribution in [0.2, 0.25) is 15.1 Å². The number of nitrogens with one attached hydrogen (secondary N) is 1. The lowest BCUT2D eigenvalue weighted by atomic mass is 10.1. The van der Waals surface area contributed by atoms with Crippen LogP contribution in [0.4, 0.5) is 5.82 Å². The predicted octanol–water partition coefficient (Wildman–Crippen LogP) is 7.47. The van der Waals surface area contributed by atoms with E-state index in [4.69, 9.17) is 44.0 Å². The number of ether oxygens (including phenoxy) is 1. The minimum atomic E-state index is -0.474. The highest BCUT2D eigenvalue weighted by atomic mass is 35.5. The maximum Gasteiger partial charge on any atom is 0.292 e. The molecule has 176 valence electrons. The van der Waals surface area contributed by atoms with E-state index in [2.05, 4.69) is 10.4 Å². The van der Waals surface area contributed by atoms with Gasteiger partial charge in [0.15, 0.2) is 11.6 Å². The number of anilines is 1. The van der Waals surface area contributed by atoms with Crippen LogP contribution in [0.25, 0.3) is 10.8 Å². The molecule has 0 spiro atoms. The Labute approximate surface area is 216 Å². The van der Waals surface area contributed by atoms with Gasteiger partial charge < -0.3 is 14.5 Å². The SMILES string of the molecule is O=C(Nc1nn(Cc2ccc(Cl)cc2Cl)cc1Cl)c1ccc(COc2cccc3ccccc23)o1. The fraction of sp³-hybridized carbons (Fsp3) is 0.0769. The molecule has 0 fully saturated rings. The third-order valence-corrected chi connectivity index (χ3v) is 6.16. The van der Waals surface area contributed by atoms with Gasteiger partial charge in [-0.15, -0.1) is 0 Å². The summed E-state index contributed by atoms with van der Waals surface area (Å²) in [5, 5.41) is 10.5. The maximum atomic E-state index is 12.7. The molecule has 6 nitrogen and oxygen atoms in total. The summed E-state index contributed by atoms with van der Waals surface area (Å²) >= 11 is 18.5. The van der Waals surface area contributed by atoms with Crippen LogP contribution in [0.5, 0.6) is 5.75 Å². The summed E-state index contributed by atoms with van der Waals surface area (Å²) in [5.74, 6) is 1.11. The fourth-order valence-electron chi connectivity index (χ4n) is 3.60. The van der Waals surface area contributed by atoms with E-state index in [1.54, 1.807) is 35.1 Å². The molecule has 35 heavy (non-hydrogen) atoms. The van der Waals surface area contributed by atoms with E-state index in [1.807, 2.05) is 48.5 Å². The van der Waals surface area contributed by atoms with Crippen molar-refractivity contribution in [2.24, 2.45) is 0 Å². The van der Waals surface area contributed by atoms with Crippen molar-refractivity contribution in [3.8, 4) is 5.75 Å². The first kappa shape index (κ1) is 23.3. The van der Waals surface area contributed by atoms with Crippen molar-refractivity contribution < 1.29 is 13.9 Å². The summed E-state index contributed by atoms with van der Waals surface area (Å²) < 4.78 is 13.2. The van der Waals surface area contributed by atoms with Crippen LogP contribution in [0.15, 0.2) is 83.4 Å². The zero-order chi connectivity index (χ0) is 24.4. The number of benzene rings is 3. The number of hydrogen-bond donors (Lipinski definition) is 1. The number of nitrogens with zero attached hydrogens (tertiary/aromatic N) is 2. The van der Waals surface area contributed by atoms with Crippen molar-refractivity contribution in [2.45, 2.75) is 13.2 Å². The predicted molar refractivity (Wildman–Crippen MR) is 138 cm³/mol. The summed E-state index contributed by atoms with van der Waals surface area (Å²) in [7, 11) is 0. The monoisotopic (exact) mass is 525 g/mol. The Kier molecular flexibility index (Phi) is 6.68. The molecule has 2 aromatic heterocycles. The first-order valence-electron chi connectivity index (χ1n) is 10.6. The zero-order valence-electron chi connectivity index (χ0n) is 18.2. The number of halogens is 3. The van der Waals surface area contributed by atoms with Gasteiger partial charge in [-0.25, -0.2) is 0 Å². The van der Waals surface area contributed by atoms with Gasteiger partial charge in [0.25, 0.3) is 5.91 Å². The molecule has 5 rings (SSSR count). The number of carbonyl (C=O) groups is 1. The fourth-order valence-corrected chi connectivity index (χ4v) is 4.27. The lowest BCUT2D eigenvalue weighted by Gasteiger charge is -2.08. The van der Waals surface area contributed by atoms with E-state index < -0.39 is 5.91 Å². The second kappa shape index (κ2) is 10.0. The average Bonchev–Trinajstić information content (AvgIpc) is 3.46. The van der Waals surface area contributed by atoms with Gasteiger partial charge >= 0.3 is 0 Å². The Morgan fingerprint density at radius 1 is 0.971 bits per heavy atom. The highest BCUT2D eigenvalue weighted by Gasteiger charge is 2.17. The molecule has 5 aromatic rings. The molecule has 0 atom stereocenters. The third kappa shape index (κ3) is 5.30. The van der Waals surface area contributed by atoms with Crippen LogP contribution in [0.3, 0.4) is 0 Å². The van der Waals surface area contributed by atoms with E-state index in [-0.39, 0.29) is 23.2 Å². The molecule has 0 saturated heterocycles. The van der Waals surface area contributed by atoms with Gasteiger partial charge in [0.05, 0.1) is 6.54 Å². The third-order valence-electron chi connectivity index (χ3n) is 5.30. The number of amides is 1. The van der Waals surface area contributed by atoms with Crippen molar-refractivity contribution in [2.75, 3.05) is 5.32 Å². The molecule has 2 heterocycles. The molecule has 1 amide bonds. The van der Waals surface area contributed by atoms with E-state index in [0.717, 1.165) is 22.1 Å². The van der Waals surface area contributed by atoms with E-state index in [9.17, 15) is 4.79 Å². The highest BCUT2D eigenvalue weighted by Crippen LogP contribution is 2.27. The number of furan rings is 1. The molecular formula is C26H18Cl3N3O3. The minimum Gasteiger partial charge on any atom is -0.485 e. The summed E-state index contributed by atoms with van der Waals surface area (Å²) in [6, 6.07) is 22.3. The average molecular weight is 527 g/mol. The molecule has 0 bridgehead atoms. The van der Waals surface area contributed by atoms with Crippen molar-refractivity contribution in [1.29, 1.82) is 0 Å². The van der Waals surface area contributed by atoms with Crippen LogP contribution in [0, 0.1) is 0 Å². The van der Waals surface area contributed by atoms with Crippen molar-refractivity contribution >= 4 is 57.3 Å². The maximum absolute atomic E-state index is 12.7. The lowest BCUT2D eigenvalue weighted by molar-refractivity contribution is 0.0992. The first-order chi connectivity index (χ1) is 17.0. The number of rotatable bonds is 7. The van der Waals surface area contributed by atoms with Crippen LogP contribution >= 0.6 is 34.8 Å². The Bertz CT molecular complexity index is 1520. The Morgan fingerprint density at radius 3 is 2.66 bits per heavy atom. The van der Waals surface area contributed by atoms with Crippen LogP contribution in [-0.4, -0.2) is 15.7 Å². The smallest absolute Gasteiger partial charge is 0.292 e. The molecule has 0 radical (unpaired) electrons. The zero-order valence-corrected chi connectivity index (χ0v) is 20.4. The second-order valence-electron chi connectivity index (χ2n) is 7.74. The summed E-state index contributed by atoms with van der Waals surface area (Å²) in [6.45, 7) is 0.542. The molecule has 0 aliphatic heterocycles. The molecule has 0 unspecified atom stereocenters. The van der Waals surface area contributed by atoms with E-state index in [0.29, 0.717) is 22.4 Å². The van der Waals surface area contributed by atoms with Gasteiger partial charge in [0.2, 0.25) is 0 Å². The highest BCUT2D eigenvalue weighted by molar-refractivity contribution is 6.35. The first-order valence-corrected chi connectivity index (χ1v) is 11.8. The molecule has 0 aliphatic rings. The molecule has 3 aromatic carbocycles. The van der Waals surface area contributed by atoms with Gasteiger partial charge in [-0.1, -0.05) is 77.3 Å². The second-order valence-corrected chi connectivity index (χ2v) is 9.00. The normalized spacial score (nSPS) is 11.1. The Balaban J connectivity index is 1.23. The van der Waals surface area contributed by atoms with Crippen LogP contribution in [-0.2, 0) is 13.2 Å². The molecule has 0 saturated carbocycles.